The second kappa shape index (κ2) is 6.04. The molecule has 1 fully saturated rings. The molecule has 2 nitrogen and oxygen atoms in total. The van der Waals surface area contributed by atoms with Gasteiger partial charge in [-0.15, -0.1) is 0 Å². The highest BCUT2D eigenvalue weighted by molar-refractivity contribution is 6.55. The molecular formula is C24H28BFO2. The number of fused-ring (bicyclic) bond motifs is 3. The first-order chi connectivity index (χ1) is 13.0. The Balaban J connectivity index is 1.74. The van der Waals surface area contributed by atoms with Crippen LogP contribution in [0.1, 0.15) is 65.2 Å². The molecule has 4 heteroatoms. The van der Waals surface area contributed by atoms with Gasteiger partial charge in [0.2, 0.25) is 0 Å². The number of rotatable bonds is 2. The summed E-state index contributed by atoms with van der Waals surface area (Å²) in [5.41, 5.74) is 4.89. The average Bonchev–Trinajstić information content (AvgIpc) is 3.00. The molecule has 2 aromatic rings. The Morgan fingerprint density at radius 2 is 1.39 bits per heavy atom. The summed E-state index contributed by atoms with van der Waals surface area (Å²) in [6, 6.07) is 14.7. The zero-order valence-corrected chi connectivity index (χ0v) is 17.8. The molecule has 146 valence electrons. The van der Waals surface area contributed by atoms with Crippen LogP contribution in [-0.2, 0) is 14.7 Å². The van der Waals surface area contributed by atoms with Gasteiger partial charge in [-0.25, -0.2) is 4.39 Å². The highest BCUT2D eigenvalue weighted by Gasteiger charge is 2.53. The summed E-state index contributed by atoms with van der Waals surface area (Å²) < 4.78 is 27.1. The van der Waals surface area contributed by atoms with Crippen LogP contribution in [0.3, 0.4) is 0 Å². The van der Waals surface area contributed by atoms with Gasteiger partial charge in [0.25, 0.3) is 0 Å². The molecule has 0 aromatic heterocycles. The lowest BCUT2D eigenvalue weighted by Gasteiger charge is -2.32. The zero-order chi connectivity index (χ0) is 20.5. The molecule has 28 heavy (non-hydrogen) atoms. The molecule has 4 rings (SSSR count). The summed E-state index contributed by atoms with van der Waals surface area (Å²) in [5, 5.41) is 0. The van der Waals surface area contributed by atoms with Crippen molar-refractivity contribution in [1.29, 1.82) is 0 Å². The maximum absolute atomic E-state index is 15.3. The summed E-state index contributed by atoms with van der Waals surface area (Å²) in [7, 11) is -0.969. The molecule has 1 saturated heterocycles. The second-order valence-corrected chi connectivity index (χ2v) is 9.49. The minimum Gasteiger partial charge on any atom is -0.398 e. The fraction of sp³-hybridized carbons (Fsp3) is 0.417. The van der Waals surface area contributed by atoms with Crippen molar-refractivity contribution in [2.45, 2.75) is 65.1 Å². The molecule has 1 aliphatic carbocycles. The topological polar surface area (TPSA) is 18.5 Å². The monoisotopic (exact) mass is 378 g/mol. The normalized spacial score (nSPS) is 21.9. The van der Waals surface area contributed by atoms with E-state index in [0.29, 0.717) is 5.57 Å². The largest absolute Gasteiger partial charge is 0.525 e. The number of hydrogen-bond acceptors (Lipinski definition) is 2. The first-order valence-electron chi connectivity index (χ1n) is 9.92. The first-order valence-corrected chi connectivity index (χ1v) is 9.92. The lowest BCUT2D eigenvalue weighted by Crippen LogP contribution is -2.41. The van der Waals surface area contributed by atoms with Gasteiger partial charge >= 0.3 is 7.12 Å². The number of halogens is 1. The van der Waals surface area contributed by atoms with Crippen molar-refractivity contribution >= 4 is 12.7 Å². The van der Waals surface area contributed by atoms with E-state index in [9.17, 15) is 0 Å². The summed E-state index contributed by atoms with van der Waals surface area (Å²) in [4.78, 5) is 0. The van der Waals surface area contributed by atoms with E-state index in [4.69, 9.17) is 9.31 Å². The molecular weight excluding hydrogens is 350 g/mol. The van der Waals surface area contributed by atoms with Gasteiger partial charge in [0.1, 0.15) is 5.73 Å². The molecule has 0 N–H and O–H groups in total. The van der Waals surface area contributed by atoms with Crippen molar-refractivity contribution in [1.82, 2.24) is 0 Å². The van der Waals surface area contributed by atoms with Gasteiger partial charge in [-0.2, -0.15) is 0 Å². The van der Waals surface area contributed by atoms with Crippen molar-refractivity contribution in [3.8, 4) is 11.1 Å². The van der Waals surface area contributed by atoms with Crippen LogP contribution in [0.5, 0.6) is 0 Å². The summed E-state index contributed by atoms with van der Waals surface area (Å²) in [6.07, 6.45) is 0. The highest BCUT2D eigenvalue weighted by Crippen LogP contribution is 2.49. The van der Waals surface area contributed by atoms with Crippen LogP contribution in [0.15, 0.2) is 48.2 Å². The third-order valence-corrected chi connectivity index (χ3v) is 6.83. The fourth-order valence-electron chi connectivity index (χ4n) is 4.20. The maximum atomic E-state index is 15.3. The van der Waals surface area contributed by atoms with Crippen molar-refractivity contribution in [3.63, 3.8) is 0 Å². The Morgan fingerprint density at radius 3 is 2.04 bits per heavy atom. The maximum Gasteiger partial charge on any atom is 0.525 e. The SMILES string of the molecule is CC(=C(F)B1OC(C)(C)C(C)(C)O1)c1ccc2c(c1)C(C)(C)c1ccccc1-2. The molecule has 0 spiro atoms. The molecule has 2 aromatic carbocycles. The van der Waals surface area contributed by atoms with Crippen molar-refractivity contribution in [2.75, 3.05) is 0 Å². The van der Waals surface area contributed by atoms with Crippen LogP contribution < -0.4 is 0 Å². The van der Waals surface area contributed by atoms with E-state index in [-0.39, 0.29) is 11.1 Å². The smallest absolute Gasteiger partial charge is 0.398 e. The highest BCUT2D eigenvalue weighted by atomic mass is 19.1. The van der Waals surface area contributed by atoms with Crippen molar-refractivity contribution in [2.24, 2.45) is 0 Å². The van der Waals surface area contributed by atoms with E-state index in [0.717, 1.165) is 5.56 Å². The van der Waals surface area contributed by atoms with E-state index in [1.807, 2.05) is 33.8 Å². The Bertz CT molecular complexity index is 972. The summed E-state index contributed by atoms with van der Waals surface area (Å²) in [5.74, 6) is 0. The standard InChI is InChI=1S/C24H28BFO2/c1-15(21(26)25-27-23(4,5)24(6,7)28-25)16-12-13-18-17-10-8-9-11-19(17)22(2,3)20(18)14-16/h8-14H,1-7H3. The molecule has 2 aliphatic rings. The van der Waals surface area contributed by atoms with Crippen LogP contribution in [-0.4, -0.2) is 18.3 Å². The quantitative estimate of drug-likeness (QED) is 0.569. The third-order valence-electron chi connectivity index (χ3n) is 6.83. The van der Waals surface area contributed by atoms with Crippen LogP contribution in [0.4, 0.5) is 4.39 Å². The molecule has 1 aliphatic heterocycles. The predicted octanol–water partition coefficient (Wildman–Crippen LogP) is 6.32. The Labute approximate surface area is 167 Å². The third kappa shape index (κ3) is 2.69. The lowest BCUT2D eigenvalue weighted by atomic mass is 9.80. The predicted molar refractivity (Wildman–Crippen MR) is 114 cm³/mol. The average molecular weight is 378 g/mol. The van der Waals surface area contributed by atoms with Gasteiger partial charge in [0.15, 0.2) is 0 Å². The molecule has 1 heterocycles. The Kier molecular flexibility index (Phi) is 4.19. The summed E-state index contributed by atoms with van der Waals surface area (Å²) >= 11 is 0. The molecule has 0 amide bonds. The zero-order valence-electron chi connectivity index (χ0n) is 17.8. The van der Waals surface area contributed by atoms with E-state index >= 15 is 4.39 Å². The minimum atomic E-state index is -0.969. The molecule has 0 radical (unpaired) electrons. The van der Waals surface area contributed by atoms with Crippen molar-refractivity contribution < 1.29 is 13.7 Å². The summed E-state index contributed by atoms with van der Waals surface area (Å²) in [6.45, 7) is 14.0. The van der Waals surface area contributed by atoms with E-state index < -0.39 is 18.3 Å². The molecule has 0 saturated carbocycles. The number of allylic oxidation sites excluding steroid dienone is 1. The van der Waals surface area contributed by atoms with Crippen LogP contribution in [0.25, 0.3) is 16.7 Å². The molecule has 0 unspecified atom stereocenters. The number of hydrogen-bond donors (Lipinski definition) is 0. The van der Waals surface area contributed by atoms with E-state index in [1.165, 1.54) is 22.3 Å². The van der Waals surface area contributed by atoms with Gasteiger partial charge in [-0.05, 0) is 74.1 Å². The van der Waals surface area contributed by atoms with Gasteiger partial charge in [0.05, 0.1) is 11.2 Å². The van der Waals surface area contributed by atoms with Crippen LogP contribution >= 0.6 is 0 Å². The molecule has 0 bridgehead atoms. The second-order valence-electron chi connectivity index (χ2n) is 9.49. The number of benzene rings is 2. The molecule has 0 atom stereocenters. The van der Waals surface area contributed by atoms with Gasteiger partial charge < -0.3 is 9.31 Å². The van der Waals surface area contributed by atoms with Crippen LogP contribution in [0.2, 0.25) is 0 Å². The minimum absolute atomic E-state index is 0.108. The van der Waals surface area contributed by atoms with Gasteiger partial charge in [-0.1, -0.05) is 50.2 Å². The van der Waals surface area contributed by atoms with Gasteiger partial charge in [0, 0.05) is 5.41 Å². The first kappa shape index (κ1) is 19.4. The Hall–Kier alpha value is -1.91. The van der Waals surface area contributed by atoms with Crippen LogP contribution in [0, 0.1) is 0 Å². The fourth-order valence-corrected chi connectivity index (χ4v) is 4.20. The van der Waals surface area contributed by atoms with Crippen molar-refractivity contribution in [3.05, 3.63) is 64.9 Å². The van der Waals surface area contributed by atoms with E-state index in [1.54, 1.807) is 6.92 Å². The lowest BCUT2D eigenvalue weighted by molar-refractivity contribution is 0.00578. The van der Waals surface area contributed by atoms with E-state index in [2.05, 4.69) is 50.2 Å². The Morgan fingerprint density at radius 1 is 0.821 bits per heavy atom. The van der Waals surface area contributed by atoms with Gasteiger partial charge in [-0.3, -0.25) is 0 Å².